The molecule has 0 spiro atoms. The molecular formula is C14H11ClFN5S. The minimum atomic E-state index is -0.351. The van der Waals surface area contributed by atoms with Crippen LogP contribution in [0, 0.1) is 5.82 Å². The summed E-state index contributed by atoms with van der Waals surface area (Å²) in [7, 11) is 0. The maximum atomic E-state index is 13.7. The van der Waals surface area contributed by atoms with Crippen molar-refractivity contribution in [3.63, 3.8) is 0 Å². The topological polar surface area (TPSA) is 69.6 Å². The van der Waals surface area contributed by atoms with Crippen LogP contribution in [0.3, 0.4) is 0 Å². The lowest BCUT2D eigenvalue weighted by molar-refractivity contribution is 0.617. The third-order valence-corrected chi connectivity index (χ3v) is 4.32. The van der Waals surface area contributed by atoms with Gasteiger partial charge < -0.3 is 5.84 Å². The highest BCUT2D eigenvalue weighted by atomic mass is 35.5. The highest BCUT2D eigenvalue weighted by molar-refractivity contribution is 7.98. The Balaban J connectivity index is 1.81. The van der Waals surface area contributed by atoms with E-state index in [2.05, 4.69) is 15.2 Å². The van der Waals surface area contributed by atoms with Crippen LogP contribution in [0.1, 0.15) is 5.56 Å². The molecule has 112 valence electrons. The molecule has 0 radical (unpaired) electrons. The van der Waals surface area contributed by atoms with Gasteiger partial charge in [0.15, 0.2) is 5.82 Å². The van der Waals surface area contributed by atoms with Crippen LogP contribution in [0.25, 0.3) is 11.4 Å². The molecule has 0 aliphatic carbocycles. The standard InChI is InChI=1S/C14H11ClFN5S/c15-11-4-1-5-12(16)10(11)8-22-14-20-19-13(21(14)17)9-3-2-6-18-7-9/h1-7H,8,17H2. The quantitative estimate of drug-likeness (QED) is 0.586. The molecule has 0 amide bonds. The van der Waals surface area contributed by atoms with Crippen molar-refractivity contribution in [1.29, 1.82) is 0 Å². The van der Waals surface area contributed by atoms with Crippen molar-refractivity contribution >= 4 is 23.4 Å². The number of hydrogen-bond acceptors (Lipinski definition) is 5. The van der Waals surface area contributed by atoms with Crippen molar-refractivity contribution in [2.24, 2.45) is 0 Å². The van der Waals surface area contributed by atoms with Crippen LogP contribution < -0.4 is 5.84 Å². The zero-order valence-corrected chi connectivity index (χ0v) is 12.9. The maximum Gasteiger partial charge on any atom is 0.210 e. The molecule has 0 aliphatic heterocycles. The Bertz CT molecular complexity index is 773. The fraction of sp³-hybridized carbons (Fsp3) is 0.0714. The molecule has 5 nitrogen and oxygen atoms in total. The van der Waals surface area contributed by atoms with E-state index in [1.165, 1.54) is 22.5 Å². The number of thioether (sulfide) groups is 1. The van der Waals surface area contributed by atoms with E-state index in [0.29, 0.717) is 27.3 Å². The average molecular weight is 336 g/mol. The van der Waals surface area contributed by atoms with Gasteiger partial charge in [-0.2, -0.15) is 0 Å². The van der Waals surface area contributed by atoms with Gasteiger partial charge in [0.1, 0.15) is 5.82 Å². The van der Waals surface area contributed by atoms with E-state index in [1.54, 1.807) is 30.6 Å². The maximum absolute atomic E-state index is 13.7. The van der Waals surface area contributed by atoms with Crippen molar-refractivity contribution in [2.45, 2.75) is 10.9 Å². The number of benzene rings is 1. The molecule has 0 fully saturated rings. The molecule has 3 rings (SSSR count). The molecule has 2 heterocycles. The molecule has 0 unspecified atom stereocenters. The number of halogens is 2. The summed E-state index contributed by atoms with van der Waals surface area (Å²) >= 11 is 7.26. The molecule has 0 bridgehead atoms. The molecule has 0 saturated heterocycles. The minimum absolute atomic E-state index is 0.313. The fourth-order valence-corrected chi connectivity index (χ4v) is 3.07. The molecule has 22 heavy (non-hydrogen) atoms. The van der Waals surface area contributed by atoms with Gasteiger partial charge >= 0.3 is 0 Å². The first-order valence-corrected chi connectivity index (χ1v) is 7.69. The second-order valence-electron chi connectivity index (χ2n) is 4.41. The van der Waals surface area contributed by atoms with Crippen LogP contribution in [-0.4, -0.2) is 19.9 Å². The van der Waals surface area contributed by atoms with Gasteiger partial charge in [0.2, 0.25) is 5.16 Å². The first kappa shape index (κ1) is 14.8. The van der Waals surface area contributed by atoms with Gasteiger partial charge in [-0.05, 0) is 24.3 Å². The lowest BCUT2D eigenvalue weighted by atomic mass is 10.2. The van der Waals surface area contributed by atoms with Crippen LogP contribution in [0.5, 0.6) is 0 Å². The minimum Gasteiger partial charge on any atom is -0.335 e. The Kier molecular flexibility index (Phi) is 4.26. The summed E-state index contributed by atoms with van der Waals surface area (Å²) in [4.78, 5) is 4.02. The molecule has 2 N–H and O–H groups in total. The van der Waals surface area contributed by atoms with Crippen LogP contribution >= 0.6 is 23.4 Å². The number of rotatable bonds is 4. The SMILES string of the molecule is Nn1c(SCc2c(F)cccc2Cl)nnc1-c1cccnc1. The number of nitrogens with zero attached hydrogens (tertiary/aromatic N) is 4. The lowest BCUT2D eigenvalue weighted by Crippen LogP contribution is -2.11. The van der Waals surface area contributed by atoms with E-state index in [1.807, 2.05) is 6.07 Å². The van der Waals surface area contributed by atoms with E-state index < -0.39 is 0 Å². The highest BCUT2D eigenvalue weighted by Gasteiger charge is 2.14. The molecule has 3 aromatic rings. The molecule has 0 saturated carbocycles. The van der Waals surface area contributed by atoms with Gasteiger partial charge in [0.05, 0.1) is 0 Å². The van der Waals surface area contributed by atoms with Crippen LogP contribution in [-0.2, 0) is 5.75 Å². The van der Waals surface area contributed by atoms with E-state index in [4.69, 9.17) is 17.4 Å². The molecule has 0 aliphatic rings. The predicted molar refractivity (Wildman–Crippen MR) is 84.4 cm³/mol. The summed E-state index contributed by atoms with van der Waals surface area (Å²) in [6.07, 6.45) is 3.31. The van der Waals surface area contributed by atoms with E-state index in [0.717, 1.165) is 5.56 Å². The Labute approximate surface area is 135 Å². The average Bonchev–Trinajstić information content (AvgIpc) is 2.89. The van der Waals surface area contributed by atoms with Gasteiger partial charge in [-0.3, -0.25) is 4.98 Å². The predicted octanol–water partition coefficient (Wildman–Crippen LogP) is 3.14. The van der Waals surface area contributed by atoms with Crippen molar-refractivity contribution in [2.75, 3.05) is 5.84 Å². The Hall–Kier alpha value is -2.12. The largest absolute Gasteiger partial charge is 0.335 e. The Morgan fingerprint density at radius 3 is 2.82 bits per heavy atom. The van der Waals surface area contributed by atoms with Gasteiger partial charge in [0, 0.05) is 34.3 Å². The van der Waals surface area contributed by atoms with Gasteiger partial charge in [-0.25, -0.2) is 9.07 Å². The van der Waals surface area contributed by atoms with Gasteiger partial charge in [-0.15, -0.1) is 10.2 Å². The van der Waals surface area contributed by atoms with E-state index in [-0.39, 0.29) is 5.82 Å². The van der Waals surface area contributed by atoms with Gasteiger partial charge in [0.25, 0.3) is 0 Å². The number of nitrogen functional groups attached to an aromatic ring is 1. The summed E-state index contributed by atoms with van der Waals surface area (Å²) in [5.41, 5.74) is 1.17. The lowest BCUT2D eigenvalue weighted by Gasteiger charge is -2.06. The smallest absolute Gasteiger partial charge is 0.210 e. The normalized spacial score (nSPS) is 10.8. The van der Waals surface area contributed by atoms with E-state index >= 15 is 0 Å². The first-order chi connectivity index (χ1) is 10.7. The molecular weight excluding hydrogens is 325 g/mol. The number of pyridine rings is 1. The number of aromatic nitrogens is 4. The van der Waals surface area contributed by atoms with Crippen LogP contribution in [0.4, 0.5) is 4.39 Å². The summed E-state index contributed by atoms with van der Waals surface area (Å²) in [5.74, 6) is 6.45. The van der Waals surface area contributed by atoms with Crippen LogP contribution in [0.2, 0.25) is 5.02 Å². The molecule has 0 atom stereocenters. The number of hydrogen-bond donors (Lipinski definition) is 1. The third kappa shape index (κ3) is 2.90. The van der Waals surface area contributed by atoms with E-state index in [9.17, 15) is 4.39 Å². The Morgan fingerprint density at radius 2 is 2.09 bits per heavy atom. The molecule has 8 heteroatoms. The summed E-state index contributed by atoms with van der Waals surface area (Å²) in [5, 5.41) is 8.92. The van der Waals surface area contributed by atoms with Crippen molar-refractivity contribution in [3.8, 4) is 11.4 Å². The van der Waals surface area contributed by atoms with Crippen molar-refractivity contribution < 1.29 is 4.39 Å². The van der Waals surface area contributed by atoms with Gasteiger partial charge in [-0.1, -0.05) is 29.4 Å². The third-order valence-electron chi connectivity index (χ3n) is 2.99. The monoisotopic (exact) mass is 335 g/mol. The molecule has 1 aromatic carbocycles. The van der Waals surface area contributed by atoms with Crippen molar-refractivity contribution in [1.82, 2.24) is 19.9 Å². The number of nitrogens with two attached hydrogens (primary N) is 1. The summed E-state index contributed by atoms with van der Waals surface area (Å²) in [6.45, 7) is 0. The Morgan fingerprint density at radius 1 is 1.23 bits per heavy atom. The van der Waals surface area contributed by atoms with Crippen molar-refractivity contribution in [3.05, 3.63) is 59.1 Å². The molecule has 2 aromatic heterocycles. The zero-order chi connectivity index (χ0) is 15.5. The summed E-state index contributed by atoms with van der Waals surface area (Å²) < 4.78 is 15.1. The second-order valence-corrected chi connectivity index (χ2v) is 5.76. The fourth-order valence-electron chi connectivity index (χ4n) is 1.87. The highest BCUT2D eigenvalue weighted by Crippen LogP contribution is 2.28. The zero-order valence-electron chi connectivity index (χ0n) is 11.3. The summed E-state index contributed by atoms with van der Waals surface area (Å²) in [6, 6.07) is 8.21. The first-order valence-electron chi connectivity index (χ1n) is 6.33. The second kappa shape index (κ2) is 6.33. The van der Waals surface area contributed by atoms with Crippen LogP contribution in [0.15, 0.2) is 47.9 Å².